The van der Waals surface area contributed by atoms with Crippen LogP contribution in [0.1, 0.15) is 33.6 Å². The Labute approximate surface area is 102 Å². The predicted molar refractivity (Wildman–Crippen MR) is 63.0 cm³/mol. The molecule has 0 spiro atoms. The lowest BCUT2D eigenvalue weighted by Crippen LogP contribution is -2.44. The summed E-state index contributed by atoms with van der Waals surface area (Å²) in [7, 11) is 0. The summed E-state index contributed by atoms with van der Waals surface area (Å²) in [4.78, 5) is 1.51. The summed E-state index contributed by atoms with van der Waals surface area (Å²) in [6.07, 6.45) is -2.34. The fraction of sp³-hybridized carbons (Fsp3) is 1.00. The topological polar surface area (TPSA) is 15.3 Å². The van der Waals surface area contributed by atoms with Gasteiger partial charge in [-0.05, 0) is 59.2 Å². The highest BCUT2D eigenvalue weighted by atomic mass is 19.4. The molecule has 1 heterocycles. The largest absolute Gasteiger partial charge is 0.401 e. The number of rotatable bonds is 3. The van der Waals surface area contributed by atoms with Gasteiger partial charge in [0.15, 0.2) is 0 Å². The van der Waals surface area contributed by atoms with Crippen molar-refractivity contribution in [2.24, 2.45) is 5.92 Å². The number of piperidine rings is 1. The summed E-state index contributed by atoms with van der Waals surface area (Å²) in [5.41, 5.74) is 0.0864. The molecule has 102 valence electrons. The zero-order valence-corrected chi connectivity index (χ0v) is 10.9. The molecular weight excluding hydrogens is 229 g/mol. The number of likely N-dealkylation sites (tertiary alicyclic amines) is 1. The molecule has 0 aromatic rings. The van der Waals surface area contributed by atoms with Crippen molar-refractivity contribution in [3.05, 3.63) is 0 Å². The van der Waals surface area contributed by atoms with Crippen molar-refractivity contribution in [1.82, 2.24) is 10.2 Å². The van der Waals surface area contributed by atoms with E-state index >= 15 is 0 Å². The van der Waals surface area contributed by atoms with Crippen molar-refractivity contribution in [1.29, 1.82) is 0 Å². The molecule has 2 nitrogen and oxygen atoms in total. The Hall–Kier alpha value is -0.290. The number of hydrogen-bond donors (Lipinski definition) is 1. The lowest BCUT2D eigenvalue weighted by Gasteiger charge is -2.34. The predicted octanol–water partition coefficient (Wildman–Crippen LogP) is 2.65. The van der Waals surface area contributed by atoms with Crippen LogP contribution in [0.25, 0.3) is 0 Å². The van der Waals surface area contributed by atoms with Crippen LogP contribution in [0, 0.1) is 5.92 Å². The second-order valence-corrected chi connectivity index (χ2v) is 5.97. The highest BCUT2D eigenvalue weighted by Gasteiger charge is 2.32. The van der Waals surface area contributed by atoms with E-state index in [0.717, 1.165) is 19.4 Å². The second kappa shape index (κ2) is 5.57. The van der Waals surface area contributed by atoms with Gasteiger partial charge >= 0.3 is 6.18 Å². The van der Waals surface area contributed by atoms with Gasteiger partial charge in [-0.2, -0.15) is 13.2 Å². The Kier molecular flexibility index (Phi) is 4.84. The van der Waals surface area contributed by atoms with Gasteiger partial charge in [0.05, 0.1) is 6.54 Å². The molecule has 1 fully saturated rings. The summed E-state index contributed by atoms with van der Waals surface area (Å²) in [6, 6.07) is 0. The molecule has 0 saturated carbocycles. The first-order valence-corrected chi connectivity index (χ1v) is 6.20. The summed E-state index contributed by atoms with van der Waals surface area (Å²) < 4.78 is 36.6. The van der Waals surface area contributed by atoms with Gasteiger partial charge in [0.2, 0.25) is 0 Å². The average Bonchev–Trinajstić information content (AvgIpc) is 2.13. The molecule has 1 aliphatic rings. The quantitative estimate of drug-likeness (QED) is 0.830. The SMILES string of the molecule is CC(C)(C)NCC1CCN(CC(F)(F)F)CC1. The standard InChI is InChI=1S/C12H23F3N2/c1-11(2,3)16-8-10-4-6-17(7-5-10)9-12(13,14)15/h10,16H,4-9H2,1-3H3. The molecule has 1 N–H and O–H groups in total. The maximum Gasteiger partial charge on any atom is 0.401 e. The van der Waals surface area contributed by atoms with Crippen LogP contribution in [-0.2, 0) is 0 Å². The number of nitrogens with one attached hydrogen (secondary N) is 1. The summed E-state index contributed by atoms with van der Waals surface area (Å²) in [5.74, 6) is 0.513. The Morgan fingerprint density at radius 3 is 2.06 bits per heavy atom. The van der Waals surface area contributed by atoms with Crippen LogP contribution in [0.3, 0.4) is 0 Å². The number of halogens is 3. The fourth-order valence-electron chi connectivity index (χ4n) is 2.05. The first kappa shape index (κ1) is 14.8. The van der Waals surface area contributed by atoms with E-state index < -0.39 is 12.7 Å². The maximum absolute atomic E-state index is 12.2. The smallest absolute Gasteiger partial charge is 0.312 e. The summed E-state index contributed by atoms with van der Waals surface area (Å²) >= 11 is 0. The van der Waals surface area contributed by atoms with E-state index in [1.807, 2.05) is 0 Å². The molecule has 0 bridgehead atoms. The number of nitrogens with zero attached hydrogens (tertiary/aromatic N) is 1. The molecule has 0 aromatic carbocycles. The number of alkyl halides is 3. The monoisotopic (exact) mass is 252 g/mol. The minimum atomic E-state index is -4.06. The Bertz CT molecular complexity index is 225. The van der Waals surface area contributed by atoms with Crippen molar-refractivity contribution < 1.29 is 13.2 Å². The average molecular weight is 252 g/mol. The molecule has 0 atom stereocenters. The normalized spacial score (nSPS) is 20.8. The molecule has 0 amide bonds. The molecular formula is C12H23F3N2. The minimum Gasteiger partial charge on any atom is -0.312 e. The third-order valence-electron chi connectivity index (χ3n) is 3.03. The van der Waals surface area contributed by atoms with Crippen molar-refractivity contribution >= 4 is 0 Å². The van der Waals surface area contributed by atoms with E-state index in [2.05, 4.69) is 26.1 Å². The maximum atomic E-state index is 12.2. The van der Waals surface area contributed by atoms with Gasteiger partial charge in [0.25, 0.3) is 0 Å². The molecule has 0 unspecified atom stereocenters. The summed E-state index contributed by atoms with van der Waals surface area (Å²) in [6.45, 7) is 7.59. The van der Waals surface area contributed by atoms with E-state index in [-0.39, 0.29) is 5.54 Å². The Morgan fingerprint density at radius 1 is 1.12 bits per heavy atom. The van der Waals surface area contributed by atoms with E-state index in [1.54, 1.807) is 0 Å². The zero-order chi connectivity index (χ0) is 13.1. The van der Waals surface area contributed by atoms with E-state index in [1.165, 1.54) is 4.90 Å². The molecule has 1 aliphatic heterocycles. The fourth-order valence-corrected chi connectivity index (χ4v) is 2.05. The van der Waals surface area contributed by atoms with Gasteiger partial charge in [-0.25, -0.2) is 0 Å². The van der Waals surface area contributed by atoms with Crippen molar-refractivity contribution in [3.8, 4) is 0 Å². The Morgan fingerprint density at radius 2 is 1.65 bits per heavy atom. The van der Waals surface area contributed by atoms with Gasteiger partial charge in [-0.1, -0.05) is 0 Å². The molecule has 17 heavy (non-hydrogen) atoms. The number of hydrogen-bond acceptors (Lipinski definition) is 2. The second-order valence-electron chi connectivity index (χ2n) is 5.97. The van der Waals surface area contributed by atoms with Gasteiger partial charge in [-0.3, -0.25) is 4.90 Å². The minimum absolute atomic E-state index is 0.0864. The van der Waals surface area contributed by atoms with Gasteiger partial charge in [0.1, 0.15) is 0 Å². The molecule has 5 heteroatoms. The molecule has 1 saturated heterocycles. The Balaban J connectivity index is 2.22. The first-order valence-electron chi connectivity index (χ1n) is 6.20. The van der Waals surface area contributed by atoms with Crippen LogP contribution in [0.4, 0.5) is 13.2 Å². The van der Waals surface area contributed by atoms with Crippen LogP contribution in [0.5, 0.6) is 0 Å². The highest BCUT2D eigenvalue weighted by Crippen LogP contribution is 2.22. The van der Waals surface area contributed by atoms with Crippen LogP contribution in [-0.4, -0.2) is 42.8 Å². The van der Waals surface area contributed by atoms with Crippen LogP contribution in [0.15, 0.2) is 0 Å². The molecule has 0 radical (unpaired) electrons. The molecule has 0 aromatic heterocycles. The lowest BCUT2D eigenvalue weighted by molar-refractivity contribution is -0.148. The zero-order valence-electron chi connectivity index (χ0n) is 10.9. The highest BCUT2D eigenvalue weighted by molar-refractivity contribution is 4.78. The van der Waals surface area contributed by atoms with Crippen LogP contribution >= 0.6 is 0 Å². The lowest BCUT2D eigenvalue weighted by atomic mass is 9.95. The third kappa shape index (κ3) is 6.88. The first-order chi connectivity index (χ1) is 7.66. The summed E-state index contributed by atoms with van der Waals surface area (Å²) in [5, 5.41) is 3.41. The van der Waals surface area contributed by atoms with Crippen LogP contribution in [0.2, 0.25) is 0 Å². The van der Waals surface area contributed by atoms with Gasteiger partial charge < -0.3 is 5.32 Å². The van der Waals surface area contributed by atoms with Crippen LogP contribution < -0.4 is 5.32 Å². The van der Waals surface area contributed by atoms with Gasteiger partial charge in [0, 0.05) is 5.54 Å². The molecule has 1 rings (SSSR count). The van der Waals surface area contributed by atoms with Crippen molar-refractivity contribution in [2.45, 2.75) is 45.3 Å². The van der Waals surface area contributed by atoms with Crippen molar-refractivity contribution in [2.75, 3.05) is 26.2 Å². The third-order valence-corrected chi connectivity index (χ3v) is 3.03. The molecule has 0 aliphatic carbocycles. The van der Waals surface area contributed by atoms with E-state index in [4.69, 9.17) is 0 Å². The van der Waals surface area contributed by atoms with E-state index in [9.17, 15) is 13.2 Å². The van der Waals surface area contributed by atoms with Gasteiger partial charge in [-0.15, -0.1) is 0 Å². The van der Waals surface area contributed by atoms with E-state index in [0.29, 0.717) is 19.0 Å². The van der Waals surface area contributed by atoms with Crippen molar-refractivity contribution in [3.63, 3.8) is 0 Å².